The van der Waals surface area contributed by atoms with E-state index < -0.39 is 11.6 Å². The van der Waals surface area contributed by atoms with E-state index >= 15 is 0 Å². The van der Waals surface area contributed by atoms with Crippen LogP contribution in [0, 0.1) is 0 Å². The van der Waals surface area contributed by atoms with Crippen LogP contribution in [0.25, 0.3) is 0 Å². The summed E-state index contributed by atoms with van der Waals surface area (Å²) in [6.45, 7) is 0. The van der Waals surface area contributed by atoms with Crippen molar-refractivity contribution in [1.82, 2.24) is 0 Å². The van der Waals surface area contributed by atoms with Gasteiger partial charge in [-0.2, -0.15) is 0 Å². The molecule has 0 radical (unpaired) electrons. The molecule has 0 aliphatic heterocycles. The van der Waals surface area contributed by atoms with E-state index in [0.717, 1.165) is 6.42 Å². The molecule has 0 spiro atoms. The molecule has 0 saturated heterocycles. The number of hydrogen-bond acceptors (Lipinski definition) is 2. The highest BCUT2D eigenvalue weighted by atomic mass is 19.1. The predicted octanol–water partition coefficient (Wildman–Crippen LogP) is 1.92. The second kappa shape index (κ2) is 3.23. The zero-order valence-electron chi connectivity index (χ0n) is 6.05. The number of rotatable bonds is 0. The van der Waals surface area contributed by atoms with Gasteiger partial charge in [0.15, 0.2) is 11.6 Å². The van der Waals surface area contributed by atoms with Crippen molar-refractivity contribution < 1.29 is 9.50 Å². The summed E-state index contributed by atoms with van der Waals surface area (Å²) in [5.41, 5.74) is 5.56. The van der Waals surface area contributed by atoms with Crippen LogP contribution in [0.2, 0.25) is 0 Å². The molecule has 60 valence electrons. The lowest BCUT2D eigenvalue weighted by molar-refractivity contribution is 0.379. The van der Waals surface area contributed by atoms with Gasteiger partial charge in [0.2, 0.25) is 0 Å². The van der Waals surface area contributed by atoms with Crippen LogP contribution in [0.1, 0.15) is 12.8 Å². The first-order valence-corrected chi connectivity index (χ1v) is 3.42. The highest BCUT2D eigenvalue weighted by Gasteiger charge is 2.07. The normalized spacial score (nSPS) is 19.2. The Balaban J connectivity index is 2.95. The summed E-state index contributed by atoms with van der Waals surface area (Å²) in [5, 5.41) is 9.03. The number of aliphatic hydroxyl groups is 1. The van der Waals surface area contributed by atoms with Gasteiger partial charge in [-0.05, 0) is 18.9 Å². The lowest BCUT2D eigenvalue weighted by Crippen LogP contribution is -2.03. The van der Waals surface area contributed by atoms with Crippen molar-refractivity contribution in [2.75, 3.05) is 0 Å². The highest BCUT2D eigenvalue weighted by Crippen LogP contribution is 2.16. The maximum Gasteiger partial charge on any atom is 0.170 e. The molecular weight excluding hydrogens is 145 g/mol. The minimum Gasteiger partial charge on any atom is -0.504 e. The standard InChI is InChI=1S/C8H10FNO/c9-6-4-2-1-3-5-7(10)8(6)11/h1-2,4,11H,3,5,10H2. The van der Waals surface area contributed by atoms with E-state index in [0.29, 0.717) is 6.42 Å². The zero-order chi connectivity index (χ0) is 8.27. The number of allylic oxidation sites excluding steroid dienone is 5. The van der Waals surface area contributed by atoms with Crippen LogP contribution in [0.5, 0.6) is 0 Å². The van der Waals surface area contributed by atoms with E-state index in [1.54, 1.807) is 12.2 Å². The fourth-order valence-corrected chi connectivity index (χ4v) is 0.838. The van der Waals surface area contributed by atoms with Crippen LogP contribution in [-0.2, 0) is 0 Å². The molecule has 0 atom stereocenters. The van der Waals surface area contributed by atoms with Crippen molar-refractivity contribution >= 4 is 0 Å². The number of hydrogen-bond donors (Lipinski definition) is 2. The molecule has 1 aliphatic carbocycles. The quantitative estimate of drug-likeness (QED) is 0.561. The molecule has 2 nitrogen and oxygen atoms in total. The summed E-state index contributed by atoms with van der Waals surface area (Å²) in [6.07, 6.45) is 5.81. The van der Waals surface area contributed by atoms with Crippen molar-refractivity contribution in [3.05, 3.63) is 35.5 Å². The molecule has 0 aromatic heterocycles. The third kappa shape index (κ3) is 1.83. The third-order valence-electron chi connectivity index (χ3n) is 1.49. The van der Waals surface area contributed by atoms with Gasteiger partial charge in [0, 0.05) is 0 Å². The van der Waals surface area contributed by atoms with Gasteiger partial charge in [0.05, 0.1) is 5.70 Å². The van der Waals surface area contributed by atoms with Gasteiger partial charge in [-0.15, -0.1) is 0 Å². The van der Waals surface area contributed by atoms with E-state index in [1.807, 2.05) is 0 Å². The van der Waals surface area contributed by atoms with Crippen molar-refractivity contribution in [1.29, 1.82) is 0 Å². The number of halogens is 1. The maximum absolute atomic E-state index is 12.7. The van der Waals surface area contributed by atoms with Gasteiger partial charge in [-0.3, -0.25) is 0 Å². The summed E-state index contributed by atoms with van der Waals surface area (Å²) >= 11 is 0. The van der Waals surface area contributed by atoms with Gasteiger partial charge >= 0.3 is 0 Å². The fourth-order valence-electron chi connectivity index (χ4n) is 0.838. The summed E-state index contributed by atoms with van der Waals surface area (Å²) in [6, 6.07) is 0. The van der Waals surface area contributed by atoms with Crippen molar-refractivity contribution in [3.63, 3.8) is 0 Å². The second-order valence-electron chi connectivity index (χ2n) is 2.36. The number of nitrogens with two attached hydrogens (primary N) is 1. The molecule has 1 aliphatic rings. The molecule has 0 bridgehead atoms. The van der Waals surface area contributed by atoms with Gasteiger partial charge in [-0.25, -0.2) is 4.39 Å². The van der Waals surface area contributed by atoms with Gasteiger partial charge < -0.3 is 10.8 Å². The van der Waals surface area contributed by atoms with Gasteiger partial charge in [0.1, 0.15) is 0 Å². The molecule has 3 N–H and O–H groups in total. The fraction of sp³-hybridized carbons (Fsp3) is 0.250. The minimum absolute atomic E-state index is 0.211. The molecule has 11 heavy (non-hydrogen) atoms. The number of aliphatic hydroxyl groups excluding tert-OH is 1. The van der Waals surface area contributed by atoms with Gasteiger partial charge in [-0.1, -0.05) is 12.2 Å². The lowest BCUT2D eigenvalue weighted by atomic mass is 10.1. The first kappa shape index (κ1) is 7.85. The summed E-state index contributed by atoms with van der Waals surface area (Å²) in [4.78, 5) is 0. The maximum atomic E-state index is 12.7. The predicted molar refractivity (Wildman–Crippen MR) is 41.4 cm³/mol. The van der Waals surface area contributed by atoms with Crippen LogP contribution in [0.15, 0.2) is 35.5 Å². The largest absolute Gasteiger partial charge is 0.504 e. The Hall–Kier alpha value is -1.25. The van der Waals surface area contributed by atoms with E-state index in [-0.39, 0.29) is 5.70 Å². The van der Waals surface area contributed by atoms with Crippen LogP contribution in [0.4, 0.5) is 4.39 Å². The van der Waals surface area contributed by atoms with E-state index in [2.05, 4.69) is 0 Å². The van der Waals surface area contributed by atoms with Crippen LogP contribution in [-0.4, -0.2) is 5.11 Å². The summed E-state index contributed by atoms with van der Waals surface area (Å²) < 4.78 is 12.7. The van der Waals surface area contributed by atoms with Gasteiger partial charge in [0.25, 0.3) is 0 Å². The Bertz CT molecular complexity index is 240. The van der Waals surface area contributed by atoms with Crippen molar-refractivity contribution in [2.24, 2.45) is 5.73 Å². The van der Waals surface area contributed by atoms with E-state index in [9.17, 15) is 4.39 Å². The average Bonchev–Trinajstić information content (AvgIpc) is 2.00. The first-order chi connectivity index (χ1) is 5.22. The Morgan fingerprint density at radius 2 is 2.27 bits per heavy atom. The molecule has 0 heterocycles. The van der Waals surface area contributed by atoms with Crippen LogP contribution < -0.4 is 5.73 Å². The lowest BCUT2D eigenvalue weighted by Gasteiger charge is -2.04. The molecule has 3 heteroatoms. The summed E-state index contributed by atoms with van der Waals surface area (Å²) in [7, 11) is 0. The third-order valence-corrected chi connectivity index (χ3v) is 1.49. The average molecular weight is 155 g/mol. The second-order valence-corrected chi connectivity index (χ2v) is 2.36. The van der Waals surface area contributed by atoms with E-state index in [4.69, 9.17) is 10.8 Å². The zero-order valence-corrected chi connectivity index (χ0v) is 6.05. The topological polar surface area (TPSA) is 46.2 Å². The monoisotopic (exact) mass is 155 g/mol. The molecule has 0 saturated carbocycles. The smallest absolute Gasteiger partial charge is 0.170 e. The van der Waals surface area contributed by atoms with Crippen molar-refractivity contribution in [3.8, 4) is 0 Å². The first-order valence-electron chi connectivity index (χ1n) is 3.42. The Labute approximate surface area is 64.5 Å². The molecule has 0 aromatic carbocycles. The molecular formula is C8H10FNO. The molecule has 1 rings (SSSR count). The van der Waals surface area contributed by atoms with Crippen LogP contribution in [0.3, 0.4) is 0 Å². The molecule has 0 fully saturated rings. The molecule has 0 aromatic rings. The van der Waals surface area contributed by atoms with Crippen LogP contribution >= 0.6 is 0 Å². The highest BCUT2D eigenvalue weighted by molar-refractivity contribution is 5.28. The SMILES string of the molecule is NC1=C(O)C(F)=CC=CCC1. The Morgan fingerprint density at radius 3 is 3.00 bits per heavy atom. The van der Waals surface area contributed by atoms with Crippen molar-refractivity contribution in [2.45, 2.75) is 12.8 Å². The Morgan fingerprint density at radius 1 is 1.55 bits per heavy atom. The molecule has 0 unspecified atom stereocenters. The summed E-state index contributed by atoms with van der Waals surface area (Å²) in [5.74, 6) is -1.09. The minimum atomic E-state index is -0.668. The molecule has 0 amide bonds. The Kier molecular flexibility index (Phi) is 2.31. The van der Waals surface area contributed by atoms with E-state index in [1.165, 1.54) is 6.08 Å².